The number of methoxy groups -OCH3 is 2. The SMILES string of the molecule is COc1cc2nc(COC(C)=O)nc(Cl)c2cc1OC. The van der Waals surface area contributed by atoms with E-state index in [2.05, 4.69) is 9.97 Å². The van der Waals surface area contributed by atoms with Gasteiger partial charge in [0.25, 0.3) is 0 Å². The third-order valence-electron chi connectivity index (χ3n) is 2.61. The molecule has 0 amide bonds. The first-order valence-electron chi connectivity index (χ1n) is 5.76. The van der Waals surface area contributed by atoms with Gasteiger partial charge in [0.15, 0.2) is 23.9 Å². The fourth-order valence-electron chi connectivity index (χ4n) is 1.69. The molecule has 2 aromatic rings. The van der Waals surface area contributed by atoms with E-state index in [1.165, 1.54) is 21.1 Å². The smallest absolute Gasteiger partial charge is 0.303 e. The van der Waals surface area contributed by atoms with Gasteiger partial charge in [-0.05, 0) is 6.07 Å². The van der Waals surface area contributed by atoms with E-state index in [-0.39, 0.29) is 11.8 Å². The number of hydrogen-bond acceptors (Lipinski definition) is 6. The zero-order valence-corrected chi connectivity index (χ0v) is 12.0. The van der Waals surface area contributed by atoms with Gasteiger partial charge < -0.3 is 14.2 Å². The fourth-order valence-corrected chi connectivity index (χ4v) is 1.94. The van der Waals surface area contributed by atoms with Gasteiger partial charge in [-0.15, -0.1) is 0 Å². The Kier molecular flexibility index (Phi) is 4.24. The Labute approximate surface area is 120 Å². The highest BCUT2D eigenvalue weighted by atomic mass is 35.5. The molecule has 1 aromatic heterocycles. The van der Waals surface area contributed by atoms with E-state index in [1.54, 1.807) is 12.1 Å². The van der Waals surface area contributed by atoms with Gasteiger partial charge in [0, 0.05) is 18.4 Å². The average molecular weight is 297 g/mol. The van der Waals surface area contributed by atoms with Gasteiger partial charge in [-0.2, -0.15) is 0 Å². The van der Waals surface area contributed by atoms with E-state index in [0.29, 0.717) is 28.2 Å². The van der Waals surface area contributed by atoms with Crippen molar-refractivity contribution < 1.29 is 19.0 Å². The summed E-state index contributed by atoms with van der Waals surface area (Å²) in [6.45, 7) is 1.29. The van der Waals surface area contributed by atoms with E-state index >= 15 is 0 Å². The molecule has 0 unspecified atom stereocenters. The Morgan fingerprint density at radius 2 is 1.85 bits per heavy atom. The lowest BCUT2D eigenvalue weighted by Gasteiger charge is -2.10. The van der Waals surface area contributed by atoms with Crippen LogP contribution >= 0.6 is 11.6 Å². The van der Waals surface area contributed by atoms with Crippen molar-refractivity contribution in [2.45, 2.75) is 13.5 Å². The van der Waals surface area contributed by atoms with Crippen LogP contribution in [0.15, 0.2) is 12.1 Å². The van der Waals surface area contributed by atoms with Crippen LogP contribution < -0.4 is 9.47 Å². The van der Waals surface area contributed by atoms with Crippen molar-refractivity contribution in [3.63, 3.8) is 0 Å². The van der Waals surface area contributed by atoms with Gasteiger partial charge in [0.1, 0.15) is 5.15 Å². The molecule has 0 atom stereocenters. The second kappa shape index (κ2) is 5.92. The maximum absolute atomic E-state index is 10.8. The minimum absolute atomic E-state index is 0.0284. The lowest BCUT2D eigenvalue weighted by Crippen LogP contribution is -2.04. The highest BCUT2D eigenvalue weighted by Crippen LogP contribution is 2.33. The van der Waals surface area contributed by atoms with Gasteiger partial charge in [0.05, 0.1) is 19.7 Å². The molecule has 0 saturated carbocycles. The van der Waals surface area contributed by atoms with Crippen molar-refractivity contribution >= 4 is 28.5 Å². The van der Waals surface area contributed by atoms with Crippen LogP contribution in [0.4, 0.5) is 0 Å². The van der Waals surface area contributed by atoms with E-state index in [0.717, 1.165) is 0 Å². The summed E-state index contributed by atoms with van der Waals surface area (Å²) in [5.41, 5.74) is 0.588. The van der Waals surface area contributed by atoms with E-state index in [9.17, 15) is 4.79 Å². The number of esters is 1. The zero-order valence-electron chi connectivity index (χ0n) is 11.3. The number of benzene rings is 1. The van der Waals surface area contributed by atoms with Gasteiger partial charge in [-0.1, -0.05) is 11.6 Å². The zero-order chi connectivity index (χ0) is 14.7. The van der Waals surface area contributed by atoms with Crippen LogP contribution in [-0.2, 0) is 16.1 Å². The standard InChI is InChI=1S/C13H13ClN2O4/c1-7(17)20-6-12-15-9-5-11(19-3)10(18-2)4-8(9)13(14)16-12/h4-5H,6H2,1-3H3. The van der Waals surface area contributed by atoms with Gasteiger partial charge in [-0.3, -0.25) is 4.79 Å². The van der Waals surface area contributed by atoms with Crippen molar-refractivity contribution in [1.29, 1.82) is 0 Å². The number of fused-ring (bicyclic) bond motifs is 1. The second-order valence-corrected chi connectivity index (χ2v) is 4.29. The van der Waals surface area contributed by atoms with Crippen molar-refractivity contribution in [3.05, 3.63) is 23.1 Å². The number of halogens is 1. The minimum Gasteiger partial charge on any atom is -0.493 e. The normalized spacial score (nSPS) is 10.4. The Hall–Kier alpha value is -2.08. The summed E-state index contributed by atoms with van der Waals surface area (Å²) in [6, 6.07) is 3.39. The number of carbonyl (C=O) groups is 1. The molecule has 0 fully saturated rings. The maximum atomic E-state index is 10.8. The predicted octanol–water partition coefficient (Wildman–Crippen LogP) is 2.36. The molecule has 0 aliphatic carbocycles. The first-order chi connectivity index (χ1) is 9.55. The summed E-state index contributed by atoms with van der Waals surface area (Å²) in [5.74, 6) is 0.994. The second-order valence-electron chi connectivity index (χ2n) is 3.94. The summed E-state index contributed by atoms with van der Waals surface area (Å²) in [6.07, 6.45) is 0. The highest BCUT2D eigenvalue weighted by molar-refractivity contribution is 6.34. The van der Waals surface area contributed by atoms with Crippen LogP contribution in [0.25, 0.3) is 10.9 Å². The third kappa shape index (κ3) is 2.91. The molecule has 0 aliphatic heterocycles. The topological polar surface area (TPSA) is 70.5 Å². The van der Waals surface area contributed by atoms with Crippen molar-refractivity contribution in [2.75, 3.05) is 14.2 Å². The van der Waals surface area contributed by atoms with Crippen LogP contribution in [0.5, 0.6) is 11.5 Å². The van der Waals surface area contributed by atoms with Gasteiger partial charge in [0.2, 0.25) is 0 Å². The molecule has 0 bridgehead atoms. The van der Waals surface area contributed by atoms with E-state index in [1.807, 2.05) is 0 Å². The molecular weight excluding hydrogens is 284 g/mol. The van der Waals surface area contributed by atoms with E-state index < -0.39 is 5.97 Å². The molecule has 0 N–H and O–H groups in total. The molecule has 1 heterocycles. The number of aromatic nitrogens is 2. The molecular formula is C13H13ClN2O4. The summed E-state index contributed by atoms with van der Waals surface area (Å²) in [5, 5.41) is 0.897. The molecule has 6 nitrogen and oxygen atoms in total. The van der Waals surface area contributed by atoms with Gasteiger partial charge >= 0.3 is 5.97 Å². The Morgan fingerprint density at radius 3 is 2.45 bits per heavy atom. The minimum atomic E-state index is -0.405. The summed E-state index contributed by atoms with van der Waals surface area (Å²) in [7, 11) is 3.07. The van der Waals surface area contributed by atoms with Crippen molar-refractivity contribution in [1.82, 2.24) is 9.97 Å². The summed E-state index contributed by atoms with van der Waals surface area (Å²) >= 11 is 6.11. The molecule has 7 heteroatoms. The number of ether oxygens (including phenoxy) is 3. The molecule has 0 spiro atoms. The molecule has 0 aliphatic rings. The average Bonchev–Trinajstić information content (AvgIpc) is 2.43. The third-order valence-corrected chi connectivity index (χ3v) is 2.89. The summed E-state index contributed by atoms with van der Waals surface area (Å²) in [4.78, 5) is 19.2. The highest BCUT2D eigenvalue weighted by Gasteiger charge is 2.12. The lowest BCUT2D eigenvalue weighted by atomic mass is 10.2. The fraction of sp³-hybridized carbons (Fsp3) is 0.308. The van der Waals surface area contributed by atoms with E-state index in [4.69, 9.17) is 25.8 Å². The Morgan fingerprint density at radius 1 is 1.20 bits per heavy atom. The number of hydrogen-bond donors (Lipinski definition) is 0. The maximum Gasteiger partial charge on any atom is 0.303 e. The molecule has 0 saturated heterocycles. The monoisotopic (exact) mass is 296 g/mol. The summed E-state index contributed by atoms with van der Waals surface area (Å²) < 4.78 is 15.3. The first kappa shape index (κ1) is 14.3. The quantitative estimate of drug-likeness (QED) is 0.637. The van der Waals surface area contributed by atoms with Crippen LogP contribution in [0.1, 0.15) is 12.7 Å². The Bertz CT molecular complexity index is 660. The Balaban J connectivity index is 2.50. The molecule has 106 valence electrons. The molecule has 2 rings (SSSR count). The number of carbonyl (C=O) groups excluding carboxylic acids is 1. The van der Waals surface area contributed by atoms with Crippen molar-refractivity contribution in [3.8, 4) is 11.5 Å². The van der Waals surface area contributed by atoms with Crippen LogP contribution in [0, 0.1) is 0 Å². The first-order valence-corrected chi connectivity index (χ1v) is 6.14. The molecule has 20 heavy (non-hydrogen) atoms. The number of nitrogens with zero attached hydrogens (tertiary/aromatic N) is 2. The molecule has 0 radical (unpaired) electrons. The van der Waals surface area contributed by atoms with Crippen LogP contribution in [0.3, 0.4) is 0 Å². The van der Waals surface area contributed by atoms with Crippen LogP contribution in [-0.4, -0.2) is 30.2 Å². The van der Waals surface area contributed by atoms with Crippen LogP contribution in [0.2, 0.25) is 5.15 Å². The number of rotatable bonds is 4. The largest absolute Gasteiger partial charge is 0.493 e. The van der Waals surface area contributed by atoms with Crippen molar-refractivity contribution in [2.24, 2.45) is 0 Å². The predicted molar refractivity (Wildman–Crippen MR) is 73.1 cm³/mol. The van der Waals surface area contributed by atoms with Gasteiger partial charge in [-0.25, -0.2) is 9.97 Å². The lowest BCUT2D eigenvalue weighted by molar-refractivity contribution is -0.142. The molecule has 1 aromatic carbocycles.